The molecule has 0 bridgehead atoms. The van der Waals surface area contributed by atoms with Crippen molar-refractivity contribution in [2.45, 2.75) is 20.4 Å². The molecule has 9 heteroatoms. The minimum atomic E-state index is -0.0301. The fourth-order valence-corrected chi connectivity index (χ4v) is 3.35. The van der Waals surface area contributed by atoms with E-state index in [2.05, 4.69) is 20.3 Å². The average Bonchev–Trinajstić information content (AvgIpc) is 3.33. The molecule has 0 aliphatic heterocycles. The van der Waals surface area contributed by atoms with Crippen LogP contribution in [-0.4, -0.2) is 51.0 Å². The molecule has 4 rings (SSSR count). The topological polar surface area (TPSA) is 99.5 Å². The van der Waals surface area contributed by atoms with Gasteiger partial charge in [0.1, 0.15) is 5.69 Å². The SMILES string of the molecule is Cc1nn(C)c(C)c1-c1cc(-c2nc(-c3ccncc3)nn2CCO)n(C)n1. The van der Waals surface area contributed by atoms with Gasteiger partial charge in [0, 0.05) is 43.3 Å². The van der Waals surface area contributed by atoms with Gasteiger partial charge in [-0.3, -0.25) is 14.3 Å². The van der Waals surface area contributed by atoms with Gasteiger partial charge in [-0.2, -0.15) is 15.3 Å². The summed E-state index contributed by atoms with van der Waals surface area (Å²) in [6.07, 6.45) is 3.41. The average molecular weight is 378 g/mol. The fraction of sp³-hybridized carbons (Fsp3) is 0.316. The molecule has 28 heavy (non-hydrogen) atoms. The minimum Gasteiger partial charge on any atom is -0.394 e. The number of hydrogen-bond donors (Lipinski definition) is 1. The number of aromatic nitrogens is 8. The molecule has 144 valence electrons. The second kappa shape index (κ2) is 7.01. The van der Waals surface area contributed by atoms with Gasteiger partial charge in [-0.05, 0) is 32.0 Å². The van der Waals surface area contributed by atoms with Crippen LogP contribution in [0.2, 0.25) is 0 Å². The van der Waals surface area contributed by atoms with Gasteiger partial charge in [0.25, 0.3) is 0 Å². The van der Waals surface area contributed by atoms with E-state index >= 15 is 0 Å². The zero-order valence-electron chi connectivity index (χ0n) is 16.3. The Morgan fingerprint density at radius 3 is 2.39 bits per heavy atom. The van der Waals surface area contributed by atoms with E-state index in [0.29, 0.717) is 18.2 Å². The summed E-state index contributed by atoms with van der Waals surface area (Å²) in [5.41, 5.74) is 5.53. The van der Waals surface area contributed by atoms with Gasteiger partial charge >= 0.3 is 0 Å². The number of pyridine rings is 1. The summed E-state index contributed by atoms with van der Waals surface area (Å²) in [6, 6.07) is 5.71. The van der Waals surface area contributed by atoms with Crippen molar-refractivity contribution < 1.29 is 5.11 Å². The molecule has 4 aromatic heterocycles. The highest BCUT2D eigenvalue weighted by atomic mass is 16.3. The molecule has 0 aromatic carbocycles. The molecule has 0 aliphatic rings. The van der Waals surface area contributed by atoms with Crippen molar-refractivity contribution in [3.63, 3.8) is 0 Å². The first-order chi connectivity index (χ1) is 13.5. The molecule has 0 saturated carbocycles. The first-order valence-corrected chi connectivity index (χ1v) is 9.00. The van der Waals surface area contributed by atoms with Crippen LogP contribution < -0.4 is 0 Å². The Morgan fingerprint density at radius 1 is 1.00 bits per heavy atom. The predicted octanol–water partition coefficient (Wildman–Crippen LogP) is 1.75. The molecule has 4 aromatic rings. The van der Waals surface area contributed by atoms with Crippen molar-refractivity contribution in [1.29, 1.82) is 0 Å². The van der Waals surface area contributed by atoms with Crippen molar-refractivity contribution in [3.8, 4) is 34.2 Å². The Hall–Kier alpha value is -3.33. The molecular formula is C19H22N8O. The maximum Gasteiger partial charge on any atom is 0.181 e. The Balaban J connectivity index is 1.83. The molecular weight excluding hydrogens is 356 g/mol. The normalized spacial score (nSPS) is 11.3. The second-order valence-electron chi connectivity index (χ2n) is 6.65. The fourth-order valence-electron chi connectivity index (χ4n) is 3.35. The van der Waals surface area contributed by atoms with E-state index in [1.165, 1.54) is 0 Å². The molecule has 0 unspecified atom stereocenters. The predicted molar refractivity (Wildman–Crippen MR) is 104 cm³/mol. The lowest BCUT2D eigenvalue weighted by atomic mass is 10.1. The number of hydrogen-bond acceptors (Lipinski definition) is 6. The van der Waals surface area contributed by atoms with E-state index < -0.39 is 0 Å². The second-order valence-corrected chi connectivity index (χ2v) is 6.65. The molecule has 0 fully saturated rings. The van der Waals surface area contributed by atoms with Crippen LogP contribution in [-0.2, 0) is 20.6 Å². The highest BCUT2D eigenvalue weighted by Gasteiger charge is 2.21. The van der Waals surface area contributed by atoms with Crippen LogP contribution >= 0.6 is 0 Å². The standard InChI is InChI=1S/C19H22N8O/c1-12-17(13(2)25(3)22-12)15-11-16(26(4)23-15)19-21-18(24-27(19)9-10-28)14-5-7-20-8-6-14/h5-8,11,28H,9-10H2,1-4H3. The number of aryl methyl sites for hydroxylation is 3. The summed E-state index contributed by atoms with van der Waals surface area (Å²) < 4.78 is 5.35. The summed E-state index contributed by atoms with van der Waals surface area (Å²) in [5, 5.41) is 23.2. The van der Waals surface area contributed by atoms with Crippen molar-refractivity contribution in [1.82, 2.24) is 39.3 Å². The molecule has 1 N–H and O–H groups in total. The van der Waals surface area contributed by atoms with Crippen LogP contribution in [0.3, 0.4) is 0 Å². The van der Waals surface area contributed by atoms with Crippen LogP contribution in [0.5, 0.6) is 0 Å². The van der Waals surface area contributed by atoms with Crippen LogP contribution in [0.15, 0.2) is 30.6 Å². The van der Waals surface area contributed by atoms with Crippen LogP contribution in [0, 0.1) is 13.8 Å². The monoisotopic (exact) mass is 378 g/mol. The van der Waals surface area contributed by atoms with Gasteiger partial charge in [-0.15, -0.1) is 0 Å². The first-order valence-electron chi connectivity index (χ1n) is 9.00. The molecule has 0 radical (unpaired) electrons. The Kier molecular flexibility index (Phi) is 4.52. The number of aliphatic hydroxyl groups is 1. The van der Waals surface area contributed by atoms with Crippen LogP contribution in [0.4, 0.5) is 0 Å². The quantitative estimate of drug-likeness (QED) is 0.568. The van der Waals surface area contributed by atoms with Crippen molar-refractivity contribution >= 4 is 0 Å². The van der Waals surface area contributed by atoms with Gasteiger partial charge in [0.05, 0.1) is 24.5 Å². The lowest BCUT2D eigenvalue weighted by molar-refractivity contribution is 0.270. The smallest absolute Gasteiger partial charge is 0.181 e. The van der Waals surface area contributed by atoms with E-state index in [4.69, 9.17) is 4.98 Å². The van der Waals surface area contributed by atoms with E-state index in [1.807, 2.05) is 50.8 Å². The van der Waals surface area contributed by atoms with Gasteiger partial charge in [-0.25, -0.2) is 9.67 Å². The van der Waals surface area contributed by atoms with Gasteiger partial charge < -0.3 is 5.11 Å². The molecule has 0 saturated heterocycles. The Bertz CT molecular complexity index is 1120. The zero-order chi connectivity index (χ0) is 19.8. The third kappa shape index (κ3) is 2.99. The van der Waals surface area contributed by atoms with E-state index in [1.54, 1.807) is 21.8 Å². The highest BCUT2D eigenvalue weighted by Crippen LogP contribution is 2.30. The van der Waals surface area contributed by atoms with Gasteiger partial charge in [-0.1, -0.05) is 0 Å². The number of nitrogens with zero attached hydrogens (tertiary/aromatic N) is 8. The van der Waals surface area contributed by atoms with Crippen molar-refractivity contribution in [2.24, 2.45) is 14.1 Å². The summed E-state index contributed by atoms with van der Waals surface area (Å²) in [5.74, 6) is 1.24. The summed E-state index contributed by atoms with van der Waals surface area (Å²) in [6.45, 7) is 4.32. The zero-order valence-corrected chi connectivity index (χ0v) is 16.3. The molecule has 9 nitrogen and oxygen atoms in total. The summed E-state index contributed by atoms with van der Waals surface area (Å²) in [4.78, 5) is 8.76. The lowest BCUT2D eigenvalue weighted by Crippen LogP contribution is -2.08. The third-order valence-corrected chi connectivity index (χ3v) is 4.80. The third-order valence-electron chi connectivity index (χ3n) is 4.80. The van der Waals surface area contributed by atoms with E-state index in [-0.39, 0.29) is 6.61 Å². The summed E-state index contributed by atoms with van der Waals surface area (Å²) in [7, 11) is 3.80. The van der Waals surface area contributed by atoms with E-state index in [0.717, 1.165) is 33.9 Å². The molecule has 0 atom stereocenters. The minimum absolute atomic E-state index is 0.0301. The van der Waals surface area contributed by atoms with Crippen molar-refractivity contribution in [2.75, 3.05) is 6.61 Å². The number of aliphatic hydroxyl groups excluding tert-OH is 1. The molecule has 0 amide bonds. The lowest BCUT2D eigenvalue weighted by Gasteiger charge is -2.03. The largest absolute Gasteiger partial charge is 0.394 e. The van der Waals surface area contributed by atoms with Crippen LogP contribution in [0.25, 0.3) is 34.2 Å². The first kappa shape index (κ1) is 18.1. The van der Waals surface area contributed by atoms with Gasteiger partial charge in [0.15, 0.2) is 11.6 Å². The highest BCUT2D eigenvalue weighted by molar-refractivity contribution is 5.70. The van der Waals surface area contributed by atoms with Gasteiger partial charge in [0.2, 0.25) is 0 Å². The molecule has 4 heterocycles. The molecule has 0 aliphatic carbocycles. The molecule has 0 spiro atoms. The maximum atomic E-state index is 9.47. The van der Waals surface area contributed by atoms with Crippen molar-refractivity contribution in [3.05, 3.63) is 42.0 Å². The van der Waals surface area contributed by atoms with Crippen LogP contribution in [0.1, 0.15) is 11.4 Å². The maximum absolute atomic E-state index is 9.47. The van der Waals surface area contributed by atoms with E-state index in [9.17, 15) is 5.11 Å². The summed E-state index contributed by atoms with van der Waals surface area (Å²) >= 11 is 0. The Morgan fingerprint density at radius 2 is 1.75 bits per heavy atom. The Labute approximate surface area is 162 Å². The number of rotatable bonds is 5.